The number of carbonyl (C=O) groups is 1. The second-order valence-electron chi connectivity index (χ2n) is 4.43. The molecule has 1 aromatic rings. The second-order valence-corrected chi connectivity index (χ2v) is 4.43. The number of hydrogen-bond donors (Lipinski definition) is 2. The zero-order valence-corrected chi connectivity index (χ0v) is 10.7. The van der Waals surface area contributed by atoms with Crippen LogP contribution in [0.4, 0.5) is 0 Å². The summed E-state index contributed by atoms with van der Waals surface area (Å²) in [7, 11) is 0. The molecule has 3 nitrogen and oxygen atoms in total. The van der Waals surface area contributed by atoms with E-state index in [4.69, 9.17) is 0 Å². The first kappa shape index (κ1) is 13.7. The minimum Gasteiger partial charge on any atom is -0.387 e. The molecular formula is C14H21NO2. The third-order valence-electron chi connectivity index (χ3n) is 3.08. The summed E-state index contributed by atoms with van der Waals surface area (Å²) >= 11 is 0. The quantitative estimate of drug-likeness (QED) is 0.822. The molecule has 0 heterocycles. The minimum atomic E-state index is -0.635. The van der Waals surface area contributed by atoms with Gasteiger partial charge in [-0.3, -0.25) is 4.79 Å². The van der Waals surface area contributed by atoms with Crippen LogP contribution in [0.5, 0.6) is 0 Å². The molecule has 17 heavy (non-hydrogen) atoms. The van der Waals surface area contributed by atoms with E-state index in [0.29, 0.717) is 0 Å². The summed E-state index contributed by atoms with van der Waals surface area (Å²) < 4.78 is 0. The van der Waals surface area contributed by atoms with Gasteiger partial charge < -0.3 is 10.4 Å². The molecule has 3 heteroatoms. The first-order valence-corrected chi connectivity index (χ1v) is 6.07. The molecule has 0 aliphatic heterocycles. The summed E-state index contributed by atoms with van der Waals surface area (Å²) in [5, 5.41) is 12.8. The predicted molar refractivity (Wildman–Crippen MR) is 68.6 cm³/mol. The monoisotopic (exact) mass is 235 g/mol. The highest BCUT2D eigenvalue weighted by Crippen LogP contribution is 2.16. The number of benzene rings is 1. The largest absolute Gasteiger partial charge is 0.387 e. The molecule has 0 aromatic heterocycles. The highest BCUT2D eigenvalue weighted by molar-refractivity contribution is 5.78. The third kappa shape index (κ3) is 3.86. The van der Waals surface area contributed by atoms with Crippen molar-refractivity contribution in [2.24, 2.45) is 5.92 Å². The van der Waals surface area contributed by atoms with Crippen molar-refractivity contribution in [1.82, 2.24) is 5.32 Å². The van der Waals surface area contributed by atoms with Crippen molar-refractivity contribution < 1.29 is 9.90 Å². The fourth-order valence-electron chi connectivity index (χ4n) is 1.63. The Morgan fingerprint density at radius 1 is 1.41 bits per heavy atom. The van der Waals surface area contributed by atoms with Crippen LogP contribution in [0.2, 0.25) is 0 Å². The number of aliphatic hydroxyl groups excluding tert-OH is 1. The fourth-order valence-corrected chi connectivity index (χ4v) is 1.63. The summed E-state index contributed by atoms with van der Waals surface area (Å²) in [6.45, 7) is 6.08. The maximum absolute atomic E-state index is 11.6. The molecule has 2 unspecified atom stereocenters. The fraction of sp³-hybridized carbons (Fsp3) is 0.500. The van der Waals surface area contributed by atoms with Gasteiger partial charge in [0.25, 0.3) is 0 Å². The molecule has 0 aliphatic carbocycles. The SMILES string of the molecule is CCC(C)C(=O)NCC(O)c1ccccc1C. The summed E-state index contributed by atoms with van der Waals surface area (Å²) in [5.74, 6) is -0.000737. The van der Waals surface area contributed by atoms with E-state index in [0.717, 1.165) is 17.5 Å². The number of aliphatic hydroxyl groups is 1. The van der Waals surface area contributed by atoms with Crippen molar-refractivity contribution >= 4 is 5.91 Å². The Balaban J connectivity index is 2.53. The van der Waals surface area contributed by atoms with E-state index in [1.54, 1.807) is 0 Å². The lowest BCUT2D eigenvalue weighted by atomic mass is 10.0. The number of aryl methyl sites for hydroxylation is 1. The van der Waals surface area contributed by atoms with E-state index in [2.05, 4.69) is 5.32 Å². The van der Waals surface area contributed by atoms with Crippen LogP contribution in [-0.2, 0) is 4.79 Å². The van der Waals surface area contributed by atoms with Crippen molar-refractivity contribution in [1.29, 1.82) is 0 Å². The molecular weight excluding hydrogens is 214 g/mol. The topological polar surface area (TPSA) is 49.3 Å². The first-order chi connectivity index (χ1) is 8.06. The van der Waals surface area contributed by atoms with Crippen LogP contribution < -0.4 is 5.32 Å². The van der Waals surface area contributed by atoms with Gasteiger partial charge in [0, 0.05) is 12.5 Å². The maximum atomic E-state index is 11.6. The van der Waals surface area contributed by atoms with E-state index in [9.17, 15) is 9.90 Å². The zero-order valence-electron chi connectivity index (χ0n) is 10.7. The van der Waals surface area contributed by atoms with Crippen LogP contribution >= 0.6 is 0 Å². The molecule has 0 spiro atoms. The van der Waals surface area contributed by atoms with Crippen LogP contribution in [0.3, 0.4) is 0 Å². The molecule has 1 aromatic carbocycles. The molecule has 2 atom stereocenters. The van der Waals surface area contributed by atoms with E-state index < -0.39 is 6.10 Å². The van der Waals surface area contributed by atoms with Gasteiger partial charge in [-0.15, -0.1) is 0 Å². The van der Waals surface area contributed by atoms with Crippen molar-refractivity contribution in [3.8, 4) is 0 Å². The molecule has 0 aliphatic rings. The van der Waals surface area contributed by atoms with Crippen molar-refractivity contribution in [2.75, 3.05) is 6.54 Å². The van der Waals surface area contributed by atoms with Gasteiger partial charge in [0.05, 0.1) is 6.10 Å². The van der Waals surface area contributed by atoms with E-state index in [1.807, 2.05) is 45.0 Å². The highest BCUT2D eigenvalue weighted by Gasteiger charge is 2.14. The maximum Gasteiger partial charge on any atom is 0.222 e. The molecule has 0 saturated heterocycles. The van der Waals surface area contributed by atoms with Crippen molar-refractivity contribution in [3.63, 3.8) is 0 Å². The smallest absolute Gasteiger partial charge is 0.222 e. The van der Waals surface area contributed by atoms with Gasteiger partial charge in [0.2, 0.25) is 5.91 Å². The molecule has 1 amide bonds. The van der Waals surface area contributed by atoms with Gasteiger partial charge >= 0.3 is 0 Å². The van der Waals surface area contributed by atoms with E-state index in [1.165, 1.54) is 0 Å². The normalized spacial score (nSPS) is 14.1. The van der Waals surface area contributed by atoms with Crippen molar-refractivity contribution in [3.05, 3.63) is 35.4 Å². The van der Waals surface area contributed by atoms with Gasteiger partial charge in [-0.1, -0.05) is 38.1 Å². The molecule has 2 N–H and O–H groups in total. The number of amides is 1. The zero-order chi connectivity index (χ0) is 12.8. The van der Waals surface area contributed by atoms with Crippen molar-refractivity contribution in [2.45, 2.75) is 33.3 Å². The molecule has 1 rings (SSSR count). The van der Waals surface area contributed by atoms with Gasteiger partial charge in [0.1, 0.15) is 0 Å². The van der Waals surface area contributed by atoms with Gasteiger partial charge in [-0.25, -0.2) is 0 Å². The average Bonchev–Trinajstić information content (AvgIpc) is 2.35. The second kappa shape index (κ2) is 6.40. The Morgan fingerprint density at radius 2 is 2.06 bits per heavy atom. The lowest BCUT2D eigenvalue weighted by Crippen LogP contribution is -2.32. The van der Waals surface area contributed by atoms with Crippen LogP contribution in [0.15, 0.2) is 24.3 Å². The standard InChI is InChI=1S/C14H21NO2/c1-4-10(2)14(17)15-9-13(16)12-8-6-5-7-11(12)3/h5-8,10,13,16H,4,9H2,1-3H3,(H,15,17). The summed E-state index contributed by atoms with van der Waals surface area (Å²) in [4.78, 5) is 11.6. The summed E-state index contributed by atoms with van der Waals surface area (Å²) in [6, 6.07) is 7.66. The first-order valence-electron chi connectivity index (χ1n) is 6.07. The highest BCUT2D eigenvalue weighted by atomic mass is 16.3. The Bertz CT molecular complexity index is 376. The molecule has 0 radical (unpaired) electrons. The number of carbonyl (C=O) groups excluding carboxylic acids is 1. The van der Waals surface area contributed by atoms with Crippen LogP contribution in [0, 0.1) is 12.8 Å². The summed E-state index contributed by atoms with van der Waals surface area (Å²) in [6.07, 6.45) is 0.177. The summed E-state index contributed by atoms with van der Waals surface area (Å²) in [5.41, 5.74) is 1.91. The average molecular weight is 235 g/mol. The van der Waals surface area contributed by atoms with Crippen LogP contribution in [0.1, 0.15) is 37.5 Å². The Hall–Kier alpha value is -1.35. The lowest BCUT2D eigenvalue weighted by molar-refractivity contribution is -0.125. The minimum absolute atomic E-state index is 0.000124. The van der Waals surface area contributed by atoms with E-state index >= 15 is 0 Å². The van der Waals surface area contributed by atoms with Crippen LogP contribution in [-0.4, -0.2) is 17.6 Å². The van der Waals surface area contributed by atoms with Crippen LogP contribution in [0.25, 0.3) is 0 Å². The Labute approximate surface area is 103 Å². The van der Waals surface area contributed by atoms with E-state index in [-0.39, 0.29) is 18.4 Å². The van der Waals surface area contributed by atoms with Gasteiger partial charge in [-0.05, 0) is 24.5 Å². The predicted octanol–water partition coefficient (Wildman–Crippen LogP) is 2.19. The molecule has 0 bridgehead atoms. The molecule has 0 saturated carbocycles. The Morgan fingerprint density at radius 3 is 2.65 bits per heavy atom. The molecule has 0 fully saturated rings. The lowest BCUT2D eigenvalue weighted by Gasteiger charge is -2.16. The number of hydrogen-bond acceptors (Lipinski definition) is 2. The van der Waals surface area contributed by atoms with Gasteiger partial charge in [0.15, 0.2) is 0 Å². The number of rotatable bonds is 5. The Kier molecular flexibility index (Phi) is 5.16. The molecule has 94 valence electrons. The number of nitrogens with one attached hydrogen (secondary N) is 1. The van der Waals surface area contributed by atoms with Gasteiger partial charge in [-0.2, -0.15) is 0 Å². The third-order valence-corrected chi connectivity index (χ3v) is 3.08.